The lowest BCUT2D eigenvalue weighted by atomic mass is 9.86. The van der Waals surface area contributed by atoms with E-state index in [1.54, 1.807) is 30.9 Å². The standard InChI is InChI=1S/C23H23N3O3S/c1-28-17-8-9-21(29-2)19(10-17)18-11-22(27)26-14-25(13-16-6-4-3-5-7-16)15-30-23(26)20(18)12-24/h3-10,18H,11,13-15H2,1-2H3/t18-/m0/s1. The van der Waals surface area contributed by atoms with Crippen LogP contribution in [0.25, 0.3) is 0 Å². The molecule has 0 N–H and O–H groups in total. The van der Waals surface area contributed by atoms with Crippen LogP contribution in [-0.4, -0.2) is 42.5 Å². The fraction of sp³-hybridized carbons (Fsp3) is 0.304. The first kappa shape index (κ1) is 20.3. The molecule has 1 atom stereocenters. The van der Waals surface area contributed by atoms with Crippen molar-refractivity contribution in [3.63, 3.8) is 0 Å². The van der Waals surface area contributed by atoms with Gasteiger partial charge in [0.1, 0.15) is 11.5 Å². The molecule has 1 amide bonds. The summed E-state index contributed by atoms with van der Waals surface area (Å²) in [6, 6.07) is 18.1. The summed E-state index contributed by atoms with van der Waals surface area (Å²) in [7, 11) is 3.19. The molecule has 2 aliphatic heterocycles. The maximum Gasteiger partial charge on any atom is 0.229 e. The molecule has 0 aliphatic carbocycles. The number of carbonyl (C=O) groups excluding carboxylic acids is 1. The van der Waals surface area contributed by atoms with Crippen molar-refractivity contribution in [1.82, 2.24) is 9.80 Å². The van der Waals surface area contributed by atoms with E-state index in [2.05, 4.69) is 23.1 Å². The lowest BCUT2D eigenvalue weighted by molar-refractivity contribution is -0.131. The number of fused-ring (bicyclic) bond motifs is 1. The molecule has 4 rings (SSSR count). The minimum atomic E-state index is -0.341. The van der Waals surface area contributed by atoms with Crippen molar-refractivity contribution in [2.24, 2.45) is 0 Å². The van der Waals surface area contributed by atoms with Gasteiger partial charge in [-0.2, -0.15) is 5.26 Å². The molecule has 2 aromatic rings. The van der Waals surface area contributed by atoms with Gasteiger partial charge in [0.25, 0.3) is 0 Å². The van der Waals surface area contributed by atoms with Crippen molar-refractivity contribution in [3.8, 4) is 17.6 Å². The normalized spacial score (nSPS) is 19.3. The van der Waals surface area contributed by atoms with Crippen LogP contribution in [0.15, 0.2) is 59.1 Å². The van der Waals surface area contributed by atoms with Gasteiger partial charge in [-0.05, 0) is 23.8 Å². The van der Waals surface area contributed by atoms with Gasteiger partial charge in [-0.25, -0.2) is 0 Å². The summed E-state index contributed by atoms with van der Waals surface area (Å²) in [5, 5.41) is 10.8. The zero-order chi connectivity index (χ0) is 21.1. The number of amides is 1. The summed E-state index contributed by atoms with van der Waals surface area (Å²) >= 11 is 1.55. The number of allylic oxidation sites excluding steroid dienone is 1. The minimum Gasteiger partial charge on any atom is -0.497 e. The summed E-state index contributed by atoms with van der Waals surface area (Å²) in [6.07, 6.45) is 0.232. The number of carbonyl (C=O) groups is 1. The molecule has 0 saturated carbocycles. The van der Waals surface area contributed by atoms with E-state index in [-0.39, 0.29) is 18.2 Å². The first-order chi connectivity index (χ1) is 14.6. The molecule has 30 heavy (non-hydrogen) atoms. The third-order valence-corrected chi connectivity index (χ3v) is 6.62. The van der Waals surface area contributed by atoms with Crippen molar-refractivity contribution >= 4 is 17.7 Å². The Bertz CT molecular complexity index is 1020. The molecule has 1 fully saturated rings. The van der Waals surface area contributed by atoms with Gasteiger partial charge in [0.2, 0.25) is 5.91 Å². The highest BCUT2D eigenvalue weighted by Gasteiger charge is 2.39. The average Bonchev–Trinajstić information content (AvgIpc) is 2.79. The maximum atomic E-state index is 13.1. The highest BCUT2D eigenvalue weighted by Crippen LogP contribution is 2.45. The SMILES string of the molecule is COc1ccc(OC)c([C@@H]2CC(=O)N3CN(Cc4ccccc4)CSC3=C2C#N)c1. The Labute approximate surface area is 180 Å². The van der Waals surface area contributed by atoms with Crippen LogP contribution in [0.5, 0.6) is 11.5 Å². The number of nitriles is 1. The lowest BCUT2D eigenvalue weighted by Crippen LogP contribution is -2.46. The highest BCUT2D eigenvalue weighted by atomic mass is 32.2. The fourth-order valence-electron chi connectivity index (χ4n) is 3.93. The van der Waals surface area contributed by atoms with Crippen LogP contribution < -0.4 is 9.47 Å². The van der Waals surface area contributed by atoms with Crippen LogP contribution in [0.2, 0.25) is 0 Å². The number of hydrogen-bond acceptors (Lipinski definition) is 6. The van der Waals surface area contributed by atoms with Gasteiger partial charge >= 0.3 is 0 Å². The second-order valence-electron chi connectivity index (χ2n) is 7.25. The van der Waals surface area contributed by atoms with Crippen LogP contribution in [0.3, 0.4) is 0 Å². The van der Waals surface area contributed by atoms with Gasteiger partial charge in [-0.3, -0.25) is 14.6 Å². The Balaban J connectivity index is 1.64. The van der Waals surface area contributed by atoms with Gasteiger partial charge in [-0.1, -0.05) is 42.1 Å². The number of methoxy groups -OCH3 is 2. The van der Waals surface area contributed by atoms with Gasteiger partial charge in [-0.15, -0.1) is 0 Å². The van der Waals surface area contributed by atoms with Gasteiger partial charge in [0.05, 0.1) is 43.4 Å². The maximum absolute atomic E-state index is 13.1. The smallest absolute Gasteiger partial charge is 0.229 e. The first-order valence-electron chi connectivity index (χ1n) is 9.70. The third kappa shape index (κ3) is 3.89. The zero-order valence-corrected chi connectivity index (χ0v) is 17.8. The second-order valence-corrected chi connectivity index (χ2v) is 8.18. The van der Waals surface area contributed by atoms with Crippen molar-refractivity contribution in [3.05, 3.63) is 70.3 Å². The van der Waals surface area contributed by atoms with Crippen molar-refractivity contribution < 1.29 is 14.3 Å². The van der Waals surface area contributed by atoms with Gasteiger partial charge in [0, 0.05) is 24.4 Å². The summed E-state index contributed by atoms with van der Waals surface area (Å²) in [4.78, 5) is 17.1. The van der Waals surface area contributed by atoms with Crippen LogP contribution >= 0.6 is 11.8 Å². The largest absolute Gasteiger partial charge is 0.497 e. The van der Waals surface area contributed by atoms with Crippen molar-refractivity contribution in [2.75, 3.05) is 26.8 Å². The third-order valence-electron chi connectivity index (χ3n) is 5.41. The predicted octanol–water partition coefficient (Wildman–Crippen LogP) is 3.92. The Hall–Kier alpha value is -2.95. The second kappa shape index (κ2) is 8.82. The lowest BCUT2D eigenvalue weighted by Gasteiger charge is -2.41. The molecule has 0 bridgehead atoms. The van der Waals surface area contributed by atoms with Crippen molar-refractivity contribution in [2.45, 2.75) is 18.9 Å². The van der Waals surface area contributed by atoms with E-state index in [1.807, 2.05) is 36.4 Å². The van der Waals surface area contributed by atoms with E-state index < -0.39 is 0 Å². The molecule has 7 heteroatoms. The Morgan fingerprint density at radius 2 is 1.97 bits per heavy atom. The van der Waals surface area contributed by atoms with E-state index in [1.165, 1.54) is 5.56 Å². The Morgan fingerprint density at radius 3 is 2.67 bits per heavy atom. The number of ether oxygens (including phenoxy) is 2. The predicted molar refractivity (Wildman–Crippen MR) is 116 cm³/mol. The number of thioether (sulfide) groups is 1. The summed E-state index contributed by atoms with van der Waals surface area (Å²) < 4.78 is 10.9. The highest BCUT2D eigenvalue weighted by molar-refractivity contribution is 8.03. The van der Waals surface area contributed by atoms with Crippen LogP contribution in [-0.2, 0) is 11.3 Å². The average molecular weight is 422 g/mol. The van der Waals surface area contributed by atoms with Crippen LogP contribution in [0.1, 0.15) is 23.5 Å². The molecule has 0 spiro atoms. The first-order valence-corrected chi connectivity index (χ1v) is 10.7. The molecule has 0 radical (unpaired) electrons. The molecular formula is C23H23N3O3S. The number of benzene rings is 2. The summed E-state index contributed by atoms with van der Waals surface area (Å²) in [5.41, 5.74) is 2.63. The Morgan fingerprint density at radius 1 is 1.17 bits per heavy atom. The molecule has 154 valence electrons. The van der Waals surface area contributed by atoms with Crippen molar-refractivity contribution in [1.29, 1.82) is 5.26 Å². The molecule has 0 aromatic heterocycles. The number of nitrogens with zero attached hydrogens (tertiary/aromatic N) is 3. The van der Waals surface area contributed by atoms with Gasteiger partial charge < -0.3 is 9.47 Å². The van der Waals surface area contributed by atoms with E-state index in [0.29, 0.717) is 23.7 Å². The molecule has 6 nitrogen and oxygen atoms in total. The minimum absolute atomic E-state index is 0.0177. The van der Waals surface area contributed by atoms with Crippen LogP contribution in [0, 0.1) is 11.3 Å². The molecular weight excluding hydrogens is 398 g/mol. The van der Waals surface area contributed by atoms with E-state index in [9.17, 15) is 10.1 Å². The molecule has 2 aromatic carbocycles. The molecule has 1 saturated heterocycles. The van der Waals surface area contributed by atoms with Crippen LogP contribution in [0.4, 0.5) is 0 Å². The van der Waals surface area contributed by atoms with Gasteiger partial charge in [0.15, 0.2) is 0 Å². The summed E-state index contributed by atoms with van der Waals surface area (Å²) in [5.74, 6) is 1.73. The Kier molecular flexibility index (Phi) is 5.98. The fourth-order valence-corrected chi connectivity index (χ4v) is 5.06. The quantitative estimate of drug-likeness (QED) is 0.729. The van der Waals surface area contributed by atoms with E-state index in [0.717, 1.165) is 23.0 Å². The number of rotatable bonds is 5. The number of hydrogen-bond donors (Lipinski definition) is 0. The monoisotopic (exact) mass is 421 g/mol. The molecule has 0 unspecified atom stereocenters. The molecule has 2 aliphatic rings. The topological polar surface area (TPSA) is 65.8 Å². The van der Waals surface area contributed by atoms with E-state index in [4.69, 9.17) is 9.47 Å². The zero-order valence-electron chi connectivity index (χ0n) is 17.0. The van der Waals surface area contributed by atoms with E-state index >= 15 is 0 Å². The summed E-state index contributed by atoms with van der Waals surface area (Å²) in [6.45, 7) is 1.25. The molecule has 2 heterocycles.